The topological polar surface area (TPSA) is 47.0 Å². The molecule has 0 saturated heterocycles. The highest BCUT2D eigenvalue weighted by Crippen LogP contribution is 2.48. The summed E-state index contributed by atoms with van der Waals surface area (Å²) in [6.07, 6.45) is 5.01. The lowest BCUT2D eigenvalue weighted by Crippen LogP contribution is -2.18. The molecule has 2 rings (SSSR count). The van der Waals surface area contributed by atoms with Crippen LogP contribution in [0.5, 0.6) is 0 Å². The number of hydrogen-bond acceptors (Lipinski definition) is 4. The number of halogens is 2. The van der Waals surface area contributed by atoms with Gasteiger partial charge in [-0.3, -0.25) is 0 Å². The van der Waals surface area contributed by atoms with Crippen molar-refractivity contribution in [1.82, 2.24) is 9.97 Å². The summed E-state index contributed by atoms with van der Waals surface area (Å²) in [5.41, 5.74) is 0.344. The summed E-state index contributed by atoms with van der Waals surface area (Å²) >= 11 is 11.7. The minimum atomic E-state index is 0.207. The molecule has 1 saturated carbocycles. The van der Waals surface area contributed by atoms with Crippen molar-refractivity contribution in [3.05, 3.63) is 16.5 Å². The lowest BCUT2D eigenvalue weighted by Gasteiger charge is -2.16. The molecule has 0 aromatic carbocycles. The fraction of sp³-hybridized carbons (Fsp3) is 0.636. The van der Waals surface area contributed by atoms with Crippen molar-refractivity contribution in [2.45, 2.75) is 19.3 Å². The molecular weight excluding hydrogens is 261 g/mol. The number of nitrogens with zero attached hydrogens (tertiary/aromatic N) is 2. The standard InChI is InChI=1S/C11H15Cl2N3O/c1-17-5-4-11(2-3-11)7-15-9-8(12)6-14-10(13)16-9/h6H,2-5,7H2,1H3,(H,14,15,16). The second-order valence-electron chi connectivity index (χ2n) is 4.43. The first-order valence-electron chi connectivity index (χ1n) is 5.56. The molecular formula is C11H15Cl2N3O. The number of ether oxygens (including phenoxy) is 1. The van der Waals surface area contributed by atoms with E-state index in [0.717, 1.165) is 19.6 Å². The lowest BCUT2D eigenvalue weighted by atomic mass is 10.0. The first-order valence-corrected chi connectivity index (χ1v) is 6.32. The molecule has 0 radical (unpaired) electrons. The number of aromatic nitrogens is 2. The maximum atomic E-state index is 5.98. The van der Waals surface area contributed by atoms with Crippen LogP contribution in [0.1, 0.15) is 19.3 Å². The van der Waals surface area contributed by atoms with E-state index in [2.05, 4.69) is 15.3 Å². The van der Waals surface area contributed by atoms with Crippen LogP contribution in [0.2, 0.25) is 10.3 Å². The summed E-state index contributed by atoms with van der Waals surface area (Å²) in [6, 6.07) is 0. The molecule has 6 heteroatoms. The van der Waals surface area contributed by atoms with E-state index in [0.29, 0.717) is 16.3 Å². The highest BCUT2D eigenvalue weighted by atomic mass is 35.5. The molecule has 0 bridgehead atoms. The molecule has 0 amide bonds. The van der Waals surface area contributed by atoms with Gasteiger partial charge in [-0.1, -0.05) is 11.6 Å². The molecule has 94 valence electrons. The SMILES string of the molecule is COCCC1(CNc2nc(Cl)ncc2Cl)CC1. The van der Waals surface area contributed by atoms with Crippen molar-refractivity contribution >= 4 is 29.0 Å². The minimum absolute atomic E-state index is 0.207. The van der Waals surface area contributed by atoms with Crippen LogP contribution in [0.25, 0.3) is 0 Å². The van der Waals surface area contributed by atoms with Gasteiger partial charge in [0, 0.05) is 20.3 Å². The molecule has 1 aliphatic rings. The zero-order valence-electron chi connectivity index (χ0n) is 9.67. The van der Waals surface area contributed by atoms with Gasteiger partial charge in [-0.2, -0.15) is 4.98 Å². The summed E-state index contributed by atoms with van der Waals surface area (Å²) in [5.74, 6) is 0.607. The number of nitrogens with one attached hydrogen (secondary N) is 1. The molecule has 0 spiro atoms. The number of anilines is 1. The highest BCUT2D eigenvalue weighted by Gasteiger charge is 2.41. The van der Waals surface area contributed by atoms with Crippen LogP contribution < -0.4 is 5.32 Å². The smallest absolute Gasteiger partial charge is 0.224 e. The zero-order valence-corrected chi connectivity index (χ0v) is 11.2. The molecule has 1 fully saturated rings. The van der Waals surface area contributed by atoms with Gasteiger partial charge in [0.25, 0.3) is 0 Å². The van der Waals surface area contributed by atoms with Gasteiger partial charge in [0.05, 0.1) is 6.20 Å². The Balaban J connectivity index is 1.91. The molecule has 17 heavy (non-hydrogen) atoms. The average molecular weight is 276 g/mol. The Hall–Kier alpha value is -0.580. The van der Waals surface area contributed by atoms with E-state index in [1.807, 2.05) is 0 Å². The van der Waals surface area contributed by atoms with E-state index in [1.54, 1.807) is 7.11 Å². The molecule has 1 heterocycles. The van der Waals surface area contributed by atoms with Gasteiger partial charge < -0.3 is 10.1 Å². The van der Waals surface area contributed by atoms with E-state index >= 15 is 0 Å². The van der Waals surface area contributed by atoms with Crippen molar-refractivity contribution in [3.63, 3.8) is 0 Å². The Labute approximate surface area is 111 Å². The largest absolute Gasteiger partial charge is 0.385 e. The first-order chi connectivity index (χ1) is 8.15. The summed E-state index contributed by atoms with van der Waals surface area (Å²) < 4.78 is 5.11. The molecule has 1 aromatic rings. The summed E-state index contributed by atoms with van der Waals surface area (Å²) in [4.78, 5) is 7.88. The van der Waals surface area contributed by atoms with E-state index in [-0.39, 0.29) is 5.28 Å². The zero-order chi connectivity index (χ0) is 12.3. The van der Waals surface area contributed by atoms with Crippen LogP contribution in [0, 0.1) is 5.41 Å². The van der Waals surface area contributed by atoms with Gasteiger partial charge in [-0.15, -0.1) is 0 Å². The Morgan fingerprint density at radius 1 is 1.47 bits per heavy atom. The highest BCUT2D eigenvalue weighted by molar-refractivity contribution is 6.33. The van der Waals surface area contributed by atoms with Crippen molar-refractivity contribution in [2.75, 3.05) is 25.6 Å². The number of rotatable bonds is 6. The Morgan fingerprint density at radius 2 is 2.24 bits per heavy atom. The monoisotopic (exact) mass is 275 g/mol. The van der Waals surface area contributed by atoms with Gasteiger partial charge in [0.2, 0.25) is 5.28 Å². The van der Waals surface area contributed by atoms with E-state index in [9.17, 15) is 0 Å². The van der Waals surface area contributed by atoms with E-state index in [1.165, 1.54) is 19.0 Å². The summed E-state index contributed by atoms with van der Waals surface area (Å²) in [5, 5.41) is 3.95. The van der Waals surface area contributed by atoms with Crippen LogP contribution in [-0.4, -0.2) is 30.2 Å². The van der Waals surface area contributed by atoms with Crippen LogP contribution in [0.4, 0.5) is 5.82 Å². The van der Waals surface area contributed by atoms with Crippen LogP contribution in [-0.2, 0) is 4.74 Å². The third-order valence-electron chi connectivity index (χ3n) is 3.14. The maximum Gasteiger partial charge on any atom is 0.224 e. The maximum absolute atomic E-state index is 5.98. The number of methoxy groups -OCH3 is 1. The van der Waals surface area contributed by atoms with Crippen molar-refractivity contribution in [2.24, 2.45) is 5.41 Å². The van der Waals surface area contributed by atoms with E-state index < -0.39 is 0 Å². The van der Waals surface area contributed by atoms with Gasteiger partial charge in [0.15, 0.2) is 0 Å². The van der Waals surface area contributed by atoms with Crippen molar-refractivity contribution in [3.8, 4) is 0 Å². The Bertz CT molecular complexity index is 396. The molecule has 0 aliphatic heterocycles. The molecule has 4 nitrogen and oxygen atoms in total. The molecule has 0 atom stereocenters. The van der Waals surface area contributed by atoms with E-state index in [4.69, 9.17) is 27.9 Å². The average Bonchev–Trinajstić information content (AvgIpc) is 3.09. The molecule has 1 aliphatic carbocycles. The normalized spacial score (nSPS) is 16.9. The summed E-state index contributed by atoms with van der Waals surface area (Å²) in [6.45, 7) is 1.64. The van der Waals surface area contributed by atoms with Gasteiger partial charge >= 0.3 is 0 Å². The summed E-state index contributed by atoms with van der Waals surface area (Å²) in [7, 11) is 1.73. The van der Waals surface area contributed by atoms with Crippen LogP contribution in [0.15, 0.2) is 6.20 Å². The fourth-order valence-electron chi connectivity index (χ4n) is 1.75. The predicted molar refractivity (Wildman–Crippen MR) is 68.7 cm³/mol. The van der Waals surface area contributed by atoms with Crippen LogP contribution >= 0.6 is 23.2 Å². The van der Waals surface area contributed by atoms with Gasteiger partial charge in [-0.25, -0.2) is 4.98 Å². The van der Waals surface area contributed by atoms with Crippen molar-refractivity contribution in [1.29, 1.82) is 0 Å². The predicted octanol–water partition coefficient (Wildman–Crippen LogP) is 3.01. The van der Waals surface area contributed by atoms with Gasteiger partial charge in [-0.05, 0) is 36.3 Å². The third kappa shape index (κ3) is 3.44. The Kier molecular flexibility index (Phi) is 4.07. The molecule has 1 N–H and O–H groups in total. The van der Waals surface area contributed by atoms with Crippen molar-refractivity contribution < 1.29 is 4.74 Å². The molecule has 0 unspecified atom stereocenters. The number of hydrogen-bond donors (Lipinski definition) is 1. The van der Waals surface area contributed by atoms with Crippen LogP contribution in [0.3, 0.4) is 0 Å². The first kappa shape index (κ1) is 12.9. The molecule has 1 aromatic heterocycles. The Morgan fingerprint density at radius 3 is 2.88 bits per heavy atom. The minimum Gasteiger partial charge on any atom is -0.385 e. The second kappa shape index (κ2) is 5.38. The third-order valence-corrected chi connectivity index (χ3v) is 3.60. The lowest BCUT2D eigenvalue weighted by molar-refractivity contribution is 0.175. The fourth-order valence-corrected chi connectivity index (χ4v) is 2.04. The second-order valence-corrected chi connectivity index (χ2v) is 5.18. The quantitative estimate of drug-likeness (QED) is 0.811. The van der Waals surface area contributed by atoms with Gasteiger partial charge in [0.1, 0.15) is 10.8 Å².